The molecule has 1 aromatic carbocycles. The zero-order valence-electron chi connectivity index (χ0n) is 14.0. The van der Waals surface area contributed by atoms with Crippen molar-refractivity contribution in [3.05, 3.63) is 48.3 Å². The molecule has 0 saturated carbocycles. The van der Waals surface area contributed by atoms with Crippen molar-refractivity contribution in [1.29, 1.82) is 0 Å². The van der Waals surface area contributed by atoms with Gasteiger partial charge in [0.15, 0.2) is 17.0 Å². The molecule has 3 aromatic rings. The number of carbonyl (C=O) groups is 1. The van der Waals surface area contributed by atoms with Gasteiger partial charge < -0.3 is 9.88 Å². The third-order valence-corrected chi connectivity index (χ3v) is 3.13. The van der Waals surface area contributed by atoms with E-state index >= 15 is 0 Å². The maximum absolute atomic E-state index is 13.6. The van der Waals surface area contributed by atoms with Gasteiger partial charge in [-0.25, -0.2) is 4.98 Å². The second kappa shape index (κ2) is 8.14. The normalized spacial score (nSPS) is 10.2. The Morgan fingerprint density at radius 3 is 2.58 bits per heavy atom. The van der Waals surface area contributed by atoms with E-state index in [-0.39, 0.29) is 12.3 Å². The Kier molecular flexibility index (Phi) is 5.95. The number of Topliss-reactive ketones (excluding diaryl/α,β-unsaturated/α-hetero) is 1. The summed E-state index contributed by atoms with van der Waals surface area (Å²) in [6, 6.07) is 9.69. The van der Waals surface area contributed by atoms with Crippen LogP contribution in [0, 0.1) is 6.08 Å². The van der Waals surface area contributed by atoms with E-state index in [0.29, 0.717) is 23.5 Å². The van der Waals surface area contributed by atoms with E-state index in [1.807, 2.05) is 44.2 Å². The maximum Gasteiger partial charge on any atom is 0.312 e. The number of imidazole rings is 1. The van der Waals surface area contributed by atoms with Crippen LogP contribution in [0.15, 0.2) is 36.7 Å². The van der Waals surface area contributed by atoms with E-state index in [9.17, 15) is 9.18 Å². The van der Waals surface area contributed by atoms with Gasteiger partial charge in [-0.15, -0.1) is 0 Å². The number of nitrogens with one attached hydrogen (secondary N) is 1. The van der Waals surface area contributed by atoms with Gasteiger partial charge in [-0.2, -0.15) is 14.4 Å². The topological polar surface area (TPSA) is 72.7 Å². The molecule has 1 N–H and O–H groups in total. The molecule has 0 amide bonds. The number of benzene rings is 1. The first-order valence-corrected chi connectivity index (χ1v) is 7.79. The summed E-state index contributed by atoms with van der Waals surface area (Å²) in [5.74, 6) is 0.255. The van der Waals surface area contributed by atoms with Crippen LogP contribution in [-0.2, 0) is 17.9 Å². The first-order valence-electron chi connectivity index (χ1n) is 7.79. The van der Waals surface area contributed by atoms with E-state index < -0.39 is 6.08 Å². The Balaban J connectivity index is 0.00000100. The summed E-state index contributed by atoms with van der Waals surface area (Å²) in [6.45, 7) is 6.05. The van der Waals surface area contributed by atoms with E-state index in [1.165, 1.54) is 17.8 Å². The van der Waals surface area contributed by atoms with Crippen LogP contribution >= 0.6 is 0 Å². The Bertz CT molecular complexity index is 816. The summed E-state index contributed by atoms with van der Waals surface area (Å²) in [7, 11) is 0. The van der Waals surface area contributed by atoms with Crippen molar-refractivity contribution < 1.29 is 9.18 Å². The van der Waals surface area contributed by atoms with Gasteiger partial charge in [-0.1, -0.05) is 44.2 Å². The predicted molar refractivity (Wildman–Crippen MR) is 91.1 cm³/mol. The Labute approximate surface area is 139 Å². The minimum absolute atomic E-state index is 0.0582. The van der Waals surface area contributed by atoms with Crippen molar-refractivity contribution in [2.45, 2.75) is 33.9 Å². The summed E-state index contributed by atoms with van der Waals surface area (Å²) < 4.78 is 15.1. The third kappa shape index (κ3) is 4.13. The van der Waals surface area contributed by atoms with Crippen LogP contribution in [0.25, 0.3) is 11.2 Å². The lowest BCUT2D eigenvalue weighted by Crippen LogP contribution is -2.08. The van der Waals surface area contributed by atoms with Gasteiger partial charge in [0.05, 0.1) is 12.9 Å². The molecule has 0 bridgehead atoms. The van der Waals surface area contributed by atoms with Crippen LogP contribution in [0.3, 0.4) is 0 Å². The molecule has 7 heteroatoms. The van der Waals surface area contributed by atoms with Crippen LogP contribution in [0.2, 0.25) is 0 Å². The van der Waals surface area contributed by atoms with Crippen molar-refractivity contribution in [2.75, 3.05) is 5.32 Å². The fourth-order valence-corrected chi connectivity index (χ4v) is 2.18. The monoisotopic (exact) mass is 329 g/mol. The minimum Gasteiger partial charge on any atom is -0.364 e. The molecule has 0 aliphatic heterocycles. The maximum atomic E-state index is 13.6. The molecular weight excluding hydrogens is 309 g/mol. The smallest absolute Gasteiger partial charge is 0.312 e. The number of aromatic nitrogens is 4. The molecular formula is C17H20FN5O. The summed E-state index contributed by atoms with van der Waals surface area (Å²) >= 11 is 0. The molecule has 0 unspecified atom stereocenters. The van der Waals surface area contributed by atoms with Crippen LogP contribution in [0.1, 0.15) is 26.3 Å². The zero-order valence-corrected chi connectivity index (χ0v) is 14.0. The summed E-state index contributed by atoms with van der Waals surface area (Å²) in [4.78, 5) is 22.9. The lowest BCUT2D eigenvalue weighted by molar-refractivity contribution is -0.117. The highest BCUT2D eigenvalue weighted by atomic mass is 19.1. The highest BCUT2D eigenvalue weighted by Gasteiger charge is 2.13. The lowest BCUT2D eigenvalue weighted by Gasteiger charge is -2.07. The van der Waals surface area contributed by atoms with Gasteiger partial charge in [0.25, 0.3) is 0 Å². The van der Waals surface area contributed by atoms with Crippen molar-refractivity contribution in [3.63, 3.8) is 0 Å². The molecule has 6 nitrogen and oxygen atoms in total. The average Bonchev–Trinajstić information content (AvgIpc) is 2.97. The Morgan fingerprint density at radius 1 is 1.21 bits per heavy atom. The Hall–Kier alpha value is -2.83. The largest absolute Gasteiger partial charge is 0.364 e. The molecule has 0 fully saturated rings. The fourth-order valence-electron chi connectivity index (χ4n) is 2.18. The number of hydrogen-bond acceptors (Lipinski definition) is 5. The fraction of sp³-hybridized carbons (Fsp3) is 0.294. The highest BCUT2D eigenvalue weighted by molar-refractivity contribution is 5.84. The number of hydrogen-bond donors (Lipinski definition) is 1. The quantitative estimate of drug-likeness (QED) is 0.728. The van der Waals surface area contributed by atoms with Crippen LogP contribution in [0.4, 0.5) is 10.2 Å². The van der Waals surface area contributed by atoms with Crippen molar-refractivity contribution in [1.82, 2.24) is 19.5 Å². The second-order valence-electron chi connectivity index (χ2n) is 4.93. The van der Waals surface area contributed by atoms with E-state index in [2.05, 4.69) is 20.3 Å². The first-order chi connectivity index (χ1) is 11.6. The molecule has 0 aliphatic rings. The van der Waals surface area contributed by atoms with Gasteiger partial charge in [0.1, 0.15) is 5.78 Å². The van der Waals surface area contributed by atoms with Gasteiger partial charge in [-0.05, 0) is 12.5 Å². The van der Waals surface area contributed by atoms with Crippen molar-refractivity contribution in [2.24, 2.45) is 0 Å². The predicted octanol–water partition coefficient (Wildman–Crippen LogP) is 3.19. The molecule has 0 radical (unpaired) electrons. The number of ketones is 1. The first kappa shape index (κ1) is 17.5. The number of rotatable bonds is 5. The molecule has 0 aliphatic carbocycles. The second-order valence-corrected chi connectivity index (χ2v) is 4.93. The van der Waals surface area contributed by atoms with E-state index in [1.54, 1.807) is 0 Å². The summed E-state index contributed by atoms with van der Waals surface area (Å²) in [6.07, 6.45) is 0.613. The lowest BCUT2D eigenvalue weighted by atomic mass is 10.2. The Morgan fingerprint density at radius 2 is 1.92 bits per heavy atom. The van der Waals surface area contributed by atoms with Crippen molar-refractivity contribution >= 4 is 22.8 Å². The van der Waals surface area contributed by atoms with Crippen molar-refractivity contribution in [3.8, 4) is 0 Å². The number of carbonyl (C=O) groups excluding carboxylic acids is 1. The minimum atomic E-state index is -0.853. The average molecular weight is 329 g/mol. The van der Waals surface area contributed by atoms with Crippen LogP contribution < -0.4 is 5.32 Å². The highest BCUT2D eigenvalue weighted by Crippen LogP contribution is 2.19. The molecule has 0 spiro atoms. The number of fused-ring (bicyclic) bond motifs is 1. The third-order valence-electron chi connectivity index (χ3n) is 3.13. The molecule has 126 valence electrons. The van der Waals surface area contributed by atoms with Gasteiger partial charge >= 0.3 is 6.08 Å². The van der Waals surface area contributed by atoms with Gasteiger partial charge in [0.2, 0.25) is 0 Å². The van der Waals surface area contributed by atoms with Gasteiger partial charge in [0, 0.05) is 6.54 Å². The summed E-state index contributed by atoms with van der Waals surface area (Å²) in [5, 5.41) is 3.06. The molecule has 0 saturated heterocycles. The number of halogens is 1. The van der Waals surface area contributed by atoms with E-state index in [0.717, 1.165) is 5.56 Å². The summed E-state index contributed by atoms with van der Waals surface area (Å²) in [5.41, 5.74) is 1.79. The number of nitrogens with zero attached hydrogens (tertiary/aromatic N) is 4. The molecule has 2 heterocycles. The van der Waals surface area contributed by atoms with Crippen LogP contribution in [0.5, 0.6) is 0 Å². The zero-order chi connectivity index (χ0) is 17.5. The van der Waals surface area contributed by atoms with E-state index in [4.69, 9.17) is 0 Å². The number of anilines is 1. The van der Waals surface area contributed by atoms with Gasteiger partial charge in [-0.3, -0.25) is 4.79 Å². The molecule has 24 heavy (non-hydrogen) atoms. The molecule has 0 atom stereocenters. The SMILES string of the molecule is CC.CC(=O)Cn1cnc2c(NCc3ccccc3)nc(F)nc21. The molecule has 3 rings (SSSR count). The molecule has 2 aromatic heterocycles. The van der Waals surface area contributed by atoms with Crippen LogP contribution in [-0.4, -0.2) is 25.3 Å². The standard InChI is InChI=1S/C15H14FN5O.C2H6/c1-10(22)8-21-9-18-12-13(19-15(16)20-14(12)21)17-7-11-5-3-2-4-6-11;1-2/h2-6,9H,7-8H2,1H3,(H,17,19,20);1-2H3.